The Morgan fingerprint density at radius 3 is 2.61 bits per heavy atom. The van der Waals surface area contributed by atoms with Gasteiger partial charge in [-0.1, -0.05) is 47.7 Å². The van der Waals surface area contributed by atoms with Gasteiger partial charge in [-0.3, -0.25) is 14.9 Å². The van der Waals surface area contributed by atoms with Crippen molar-refractivity contribution in [1.29, 1.82) is 0 Å². The van der Waals surface area contributed by atoms with Gasteiger partial charge in [0.05, 0.1) is 5.25 Å². The maximum Gasteiger partial charge on any atom is 0.251 e. The van der Waals surface area contributed by atoms with Gasteiger partial charge in [-0.05, 0) is 38.3 Å². The first-order valence-corrected chi connectivity index (χ1v) is 10.5. The van der Waals surface area contributed by atoms with E-state index in [0.29, 0.717) is 16.7 Å². The SMILES string of the molecule is CCC(Sc1nccc(=O)[nH]1)C(=O)Nc1nnc(-c2c(C)cc(C)cc2C)s1. The number of anilines is 1. The molecule has 3 rings (SSSR count). The van der Waals surface area contributed by atoms with Crippen molar-refractivity contribution in [3.05, 3.63) is 51.4 Å². The van der Waals surface area contributed by atoms with Crippen molar-refractivity contribution >= 4 is 34.1 Å². The van der Waals surface area contributed by atoms with Crippen LogP contribution in [0.1, 0.15) is 30.0 Å². The number of carbonyl (C=O) groups is 1. The van der Waals surface area contributed by atoms with Gasteiger partial charge in [0, 0.05) is 17.8 Å². The van der Waals surface area contributed by atoms with Gasteiger partial charge < -0.3 is 4.98 Å². The van der Waals surface area contributed by atoms with Gasteiger partial charge in [-0.25, -0.2) is 4.98 Å². The number of carbonyl (C=O) groups excluding carboxylic acids is 1. The summed E-state index contributed by atoms with van der Waals surface area (Å²) >= 11 is 2.57. The summed E-state index contributed by atoms with van der Waals surface area (Å²) < 4.78 is 0. The van der Waals surface area contributed by atoms with Crippen LogP contribution in [-0.2, 0) is 4.79 Å². The molecule has 0 aliphatic carbocycles. The second-order valence-electron chi connectivity index (χ2n) is 6.43. The van der Waals surface area contributed by atoms with Crippen LogP contribution in [0, 0.1) is 20.8 Å². The molecule has 0 aliphatic heterocycles. The smallest absolute Gasteiger partial charge is 0.251 e. The zero-order valence-electron chi connectivity index (χ0n) is 16.1. The minimum atomic E-state index is -0.402. The van der Waals surface area contributed by atoms with E-state index in [1.54, 1.807) is 0 Å². The van der Waals surface area contributed by atoms with Crippen molar-refractivity contribution in [3.8, 4) is 10.6 Å². The molecule has 1 atom stereocenters. The molecule has 0 saturated carbocycles. The highest BCUT2D eigenvalue weighted by Crippen LogP contribution is 2.33. The Bertz CT molecular complexity index is 1040. The van der Waals surface area contributed by atoms with Gasteiger partial charge in [-0.15, -0.1) is 10.2 Å². The summed E-state index contributed by atoms with van der Waals surface area (Å²) in [6.45, 7) is 8.06. The number of hydrogen-bond acceptors (Lipinski definition) is 7. The third-order valence-corrected chi connectivity index (χ3v) is 6.23. The fourth-order valence-corrected chi connectivity index (χ4v) is 4.75. The van der Waals surface area contributed by atoms with Gasteiger partial charge in [0.15, 0.2) is 5.16 Å². The minimum Gasteiger partial charge on any atom is -0.301 e. The Kier molecular flexibility index (Phi) is 6.25. The van der Waals surface area contributed by atoms with Crippen LogP contribution in [0.4, 0.5) is 5.13 Å². The van der Waals surface area contributed by atoms with Crippen LogP contribution in [0.3, 0.4) is 0 Å². The predicted octanol–water partition coefficient (Wildman–Crippen LogP) is 3.72. The molecular weight excluding hydrogens is 394 g/mol. The Labute approximate surface area is 171 Å². The molecule has 1 amide bonds. The van der Waals surface area contributed by atoms with E-state index in [1.807, 2.05) is 20.8 Å². The molecule has 2 N–H and O–H groups in total. The number of rotatable bonds is 6. The molecule has 0 bridgehead atoms. The average molecular weight is 416 g/mol. The minimum absolute atomic E-state index is 0.195. The van der Waals surface area contributed by atoms with Crippen LogP contribution in [0.15, 0.2) is 34.3 Å². The molecule has 2 heterocycles. The Balaban J connectivity index is 1.75. The summed E-state index contributed by atoms with van der Waals surface area (Å²) in [4.78, 5) is 30.8. The van der Waals surface area contributed by atoms with E-state index in [-0.39, 0.29) is 11.5 Å². The lowest BCUT2D eigenvalue weighted by Gasteiger charge is -2.12. The lowest BCUT2D eigenvalue weighted by molar-refractivity contribution is -0.115. The van der Waals surface area contributed by atoms with Crippen molar-refractivity contribution in [2.75, 3.05) is 5.32 Å². The zero-order chi connectivity index (χ0) is 20.3. The fraction of sp³-hybridized carbons (Fsp3) is 0.316. The van der Waals surface area contributed by atoms with Gasteiger partial charge in [-0.2, -0.15) is 0 Å². The summed E-state index contributed by atoms with van der Waals surface area (Å²) in [5.74, 6) is -0.195. The number of thioether (sulfide) groups is 1. The van der Waals surface area contributed by atoms with Crippen molar-refractivity contribution in [2.45, 2.75) is 44.5 Å². The summed E-state index contributed by atoms with van der Waals surface area (Å²) in [7, 11) is 0. The molecule has 0 fully saturated rings. The van der Waals surface area contributed by atoms with Crippen molar-refractivity contribution in [3.63, 3.8) is 0 Å². The lowest BCUT2D eigenvalue weighted by Crippen LogP contribution is -2.25. The Hall–Kier alpha value is -2.52. The lowest BCUT2D eigenvalue weighted by atomic mass is 10.0. The number of H-pyrrole nitrogens is 1. The van der Waals surface area contributed by atoms with Crippen LogP contribution >= 0.6 is 23.1 Å². The van der Waals surface area contributed by atoms with Crippen LogP contribution in [0.2, 0.25) is 0 Å². The van der Waals surface area contributed by atoms with Gasteiger partial charge in [0.1, 0.15) is 5.01 Å². The normalized spacial score (nSPS) is 12.0. The quantitative estimate of drug-likeness (QED) is 0.470. The summed E-state index contributed by atoms with van der Waals surface area (Å²) in [6, 6.07) is 5.56. The van der Waals surface area contributed by atoms with Gasteiger partial charge in [0.2, 0.25) is 11.0 Å². The molecule has 0 saturated heterocycles. The first kappa shape index (κ1) is 20.2. The molecular formula is C19H21N5O2S2. The van der Waals surface area contributed by atoms with E-state index in [2.05, 4.69) is 44.5 Å². The van der Waals surface area contributed by atoms with E-state index < -0.39 is 5.25 Å². The number of amides is 1. The van der Waals surface area contributed by atoms with Crippen LogP contribution in [-0.4, -0.2) is 31.3 Å². The second-order valence-corrected chi connectivity index (χ2v) is 8.60. The maximum atomic E-state index is 12.6. The largest absolute Gasteiger partial charge is 0.301 e. The zero-order valence-corrected chi connectivity index (χ0v) is 17.7. The Morgan fingerprint density at radius 2 is 1.96 bits per heavy atom. The topological polar surface area (TPSA) is 101 Å². The fourth-order valence-electron chi connectivity index (χ4n) is 2.95. The summed E-state index contributed by atoms with van der Waals surface area (Å²) in [6.07, 6.45) is 2.01. The molecule has 1 aromatic carbocycles. The maximum absolute atomic E-state index is 12.6. The number of hydrogen-bond donors (Lipinski definition) is 2. The number of nitrogens with zero attached hydrogens (tertiary/aromatic N) is 3. The third-order valence-electron chi connectivity index (χ3n) is 4.11. The highest BCUT2D eigenvalue weighted by molar-refractivity contribution is 8.00. The number of aryl methyl sites for hydroxylation is 3. The molecule has 1 unspecified atom stereocenters. The molecule has 146 valence electrons. The van der Waals surface area contributed by atoms with Crippen LogP contribution in [0.5, 0.6) is 0 Å². The average Bonchev–Trinajstić information content (AvgIpc) is 3.06. The van der Waals surface area contributed by atoms with Crippen molar-refractivity contribution < 1.29 is 4.79 Å². The first-order chi connectivity index (χ1) is 13.4. The highest BCUT2D eigenvalue weighted by Gasteiger charge is 2.21. The molecule has 0 aliphatic rings. The van der Waals surface area contributed by atoms with E-state index in [1.165, 1.54) is 40.9 Å². The number of aromatic nitrogens is 4. The van der Waals surface area contributed by atoms with E-state index in [0.717, 1.165) is 21.7 Å². The predicted molar refractivity (Wildman–Crippen MR) is 113 cm³/mol. The molecule has 2 aromatic heterocycles. The Morgan fingerprint density at radius 1 is 1.25 bits per heavy atom. The van der Waals surface area contributed by atoms with Crippen molar-refractivity contribution in [1.82, 2.24) is 20.2 Å². The molecule has 3 aromatic rings. The number of nitrogens with one attached hydrogen (secondary N) is 2. The van der Waals surface area contributed by atoms with E-state index in [4.69, 9.17) is 0 Å². The summed E-state index contributed by atoms with van der Waals surface area (Å²) in [5.41, 5.74) is 4.27. The number of benzene rings is 1. The second kappa shape index (κ2) is 8.66. The standard InChI is InChI=1S/C19H21N5O2S2/c1-5-13(27-18-20-7-6-14(25)21-18)16(26)22-19-24-23-17(28-19)15-11(3)8-10(2)9-12(15)4/h6-9,13H,5H2,1-4H3,(H,20,21,25)(H,22,24,26). The van der Waals surface area contributed by atoms with Gasteiger partial charge in [0.25, 0.3) is 5.56 Å². The van der Waals surface area contributed by atoms with Gasteiger partial charge >= 0.3 is 0 Å². The summed E-state index contributed by atoms with van der Waals surface area (Å²) in [5, 5.41) is 12.5. The number of aromatic amines is 1. The van der Waals surface area contributed by atoms with E-state index in [9.17, 15) is 9.59 Å². The van der Waals surface area contributed by atoms with E-state index >= 15 is 0 Å². The molecule has 0 spiro atoms. The molecule has 7 nitrogen and oxygen atoms in total. The highest BCUT2D eigenvalue weighted by atomic mass is 32.2. The monoisotopic (exact) mass is 415 g/mol. The van der Waals surface area contributed by atoms with Crippen molar-refractivity contribution in [2.24, 2.45) is 0 Å². The third kappa shape index (κ3) is 4.66. The van der Waals surface area contributed by atoms with Crippen LogP contribution < -0.4 is 10.9 Å². The molecule has 0 radical (unpaired) electrons. The molecule has 28 heavy (non-hydrogen) atoms. The first-order valence-electron chi connectivity index (χ1n) is 8.82. The molecule has 9 heteroatoms. The van der Waals surface area contributed by atoms with Crippen LogP contribution in [0.25, 0.3) is 10.6 Å².